The van der Waals surface area contributed by atoms with Crippen molar-refractivity contribution in [3.63, 3.8) is 0 Å². The molecule has 0 unspecified atom stereocenters. The summed E-state index contributed by atoms with van der Waals surface area (Å²) in [7, 11) is 0. The van der Waals surface area contributed by atoms with Crippen molar-refractivity contribution in [2.24, 2.45) is 0 Å². The van der Waals surface area contributed by atoms with E-state index in [9.17, 15) is 4.79 Å². The zero-order chi connectivity index (χ0) is 16.5. The van der Waals surface area contributed by atoms with Gasteiger partial charge in [0.25, 0.3) is 5.91 Å². The highest BCUT2D eigenvalue weighted by Gasteiger charge is 2.28. The standard InChI is InChI=1S/C20H20N2O2/c1-13-6-7-17-16(10-13)15(12-22-17)8-9-21-20(23)19-11-14-4-2-3-5-18(14)24-19/h2-7,10,12,19,22H,8-9,11H2,1H3,(H,21,23)/t19-/m0/s1. The van der Waals surface area contributed by atoms with Crippen LogP contribution >= 0.6 is 0 Å². The van der Waals surface area contributed by atoms with E-state index in [0.29, 0.717) is 13.0 Å². The number of rotatable bonds is 4. The number of benzene rings is 2. The molecule has 0 saturated heterocycles. The molecule has 1 amide bonds. The lowest BCUT2D eigenvalue weighted by molar-refractivity contribution is -0.127. The zero-order valence-electron chi connectivity index (χ0n) is 13.6. The number of nitrogens with one attached hydrogen (secondary N) is 2. The van der Waals surface area contributed by atoms with Crippen LogP contribution in [0.2, 0.25) is 0 Å². The second-order valence-electron chi connectivity index (χ2n) is 6.32. The third-order valence-electron chi connectivity index (χ3n) is 4.56. The van der Waals surface area contributed by atoms with Crippen LogP contribution in [-0.2, 0) is 17.6 Å². The summed E-state index contributed by atoms with van der Waals surface area (Å²) in [5.74, 6) is 0.784. The molecule has 24 heavy (non-hydrogen) atoms. The van der Waals surface area contributed by atoms with E-state index in [4.69, 9.17) is 4.74 Å². The Bertz CT molecular complexity index is 873. The Morgan fingerprint density at radius 2 is 2.17 bits per heavy atom. The predicted molar refractivity (Wildman–Crippen MR) is 94.3 cm³/mol. The molecule has 2 aromatic carbocycles. The SMILES string of the molecule is Cc1ccc2[nH]cc(CCNC(=O)[C@@H]3Cc4ccccc4O3)c2c1. The monoisotopic (exact) mass is 320 g/mol. The molecule has 1 aliphatic rings. The number of hydrogen-bond donors (Lipinski definition) is 2. The molecule has 0 bridgehead atoms. The van der Waals surface area contributed by atoms with E-state index < -0.39 is 6.10 Å². The number of amides is 1. The molecule has 1 aromatic heterocycles. The summed E-state index contributed by atoms with van der Waals surface area (Å²) in [6, 6.07) is 14.2. The molecule has 2 N–H and O–H groups in total. The highest BCUT2D eigenvalue weighted by atomic mass is 16.5. The summed E-state index contributed by atoms with van der Waals surface area (Å²) in [6.07, 6.45) is 3.06. The number of aromatic amines is 1. The van der Waals surface area contributed by atoms with Gasteiger partial charge in [-0.1, -0.05) is 29.8 Å². The molecular formula is C20H20N2O2. The van der Waals surface area contributed by atoms with Crippen LogP contribution in [0.15, 0.2) is 48.7 Å². The first-order valence-electron chi connectivity index (χ1n) is 8.29. The van der Waals surface area contributed by atoms with E-state index in [1.807, 2.05) is 30.5 Å². The maximum absolute atomic E-state index is 12.3. The summed E-state index contributed by atoms with van der Waals surface area (Å²) in [4.78, 5) is 15.6. The molecule has 2 heterocycles. The van der Waals surface area contributed by atoms with Crippen molar-refractivity contribution in [2.45, 2.75) is 25.9 Å². The van der Waals surface area contributed by atoms with Crippen LogP contribution < -0.4 is 10.1 Å². The average molecular weight is 320 g/mol. The number of fused-ring (bicyclic) bond motifs is 2. The molecule has 0 spiro atoms. The van der Waals surface area contributed by atoms with Gasteiger partial charge in [0.15, 0.2) is 6.10 Å². The smallest absolute Gasteiger partial charge is 0.261 e. The first-order chi connectivity index (χ1) is 11.7. The van der Waals surface area contributed by atoms with E-state index in [2.05, 4.69) is 35.4 Å². The van der Waals surface area contributed by atoms with Crippen LogP contribution in [-0.4, -0.2) is 23.5 Å². The number of ether oxygens (including phenoxy) is 1. The third-order valence-corrected chi connectivity index (χ3v) is 4.56. The number of para-hydroxylation sites is 1. The predicted octanol–water partition coefficient (Wildman–Crippen LogP) is 3.14. The van der Waals surface area contributed by atoms with Gasteiger partial charge in [0.2, 0.25) is 0 Å². The number of hydrogen-bond acceptors (Lipinski definition) is 2. The summed E-state index contributed by atoms with van der Waals surface area (Å²) in [6.45, 7) is 2.70. The van der Waals surface area contributed by atoms with Crippen molar-refractivity contribution in [1.82, 2.24) is 10.3 Å². The van der Waals surface area contributed by atoms with Crippen LogP contribution in [0.4, 0.5) is 0 Å². The van der Waals surface area contributed by atoms with Crippen LogP contribution in [0.1, 0.15) is 16.7 Å². The Balaban J connectivity index is 1.36. The van der Waals surface area contributed by atoms with Gasteiger partial charge in [-0.15, -0.1) is 0 Å². The Hall–Kier alpha value is -2.75. The van der Waals surface area contributed by atoms with E-state index in [1.54, 1.807) is 0 Å². The van der Waals surface area contributed by atoms with Gasteiger partial charge in [0.1, 0.15) is 5.75 Å². The minimum atomic E-state index is -0.410. The van der Waals surface area contributed by atoms with Gasteiger partial charge in [-0.05, 0) is 42.7 Å². The number of carbonyl (C=O) groups is 1. The molecule has 4 nitrogen and oxygen atoms in total. The molecule has 0 radical (unpaired) electrons. The summed E-state index contributed by atoms with van der Waals surface area (Å²) >= 11 is 0. The lowest BCUT2D eigenvalue weighted by Gasteiger charge is -2.11. The minimum Gasteiger partial charge on any atom is -0.480 e. The highest BCUT2D eigenvalue weighted by Crippen LogP contribution is 2.28. The van der Waals surface area contributed by atoms with Crippen molar-refractivity contribution < 1.29 is 9.53 Å². The Labute approximate surface area is 140 Å². The van der Waals surface area contributed by atoms with E-state index in [0.717, 1.165) is 23.3 Å². The molecule has 0 fully saturated rings. The second kappa shape index (κ2) is 6.04. The molecular weight excluding hydrogens is 300 g/mol. The largest absolute Gasteiger partial charge is 0.480 e. The number of aryl methyl sites for hydroxylation is 1. The van der Waals surface area contributed by atoms with Gasteiger partial charge in [0, 0.05) is 30.1 Å². The van der Waals surface area contributed by atoms with E-state index in [-0.39, 0.29) is 5.91 Å². The lowest BCUT2D eigenvalue weighted by Crippen LogP contribution is -2.38. The number of carbonyl (C=O) groups excluding carboxylic acids is 1. The lowest BCUT2D eigenvalue weighted by atomic mass is 10.1. The van der Waals surface area contributed by atoms with E-state index >= 15 is 0 Å². The normalized spacial score (nSPS) is 16.0. The molecule has 1 atom stereocenters. The molecule has 3 aromatic rings. The van der Waals surface area contributed by atoms with Crippen molar-refractivity contribution in [3.8, 4) is 5.75 Å². The van der Waals surface area contributed by atoms with E-state index in [1.165, 1.54) is 16.5 Å². The Morgan fingerprint density at radius 1 is 1.29 bits per heavy atom. The third kappa shape index (κ3) is 2.75. The first kappa shape index (κ1) is 14.8. The fourth-order valence-electron chi connectivity index (χ4n) is 3.26. The highest BCUT2D eigenvalue weighted by molar-refractivity contribution is 5.84. The Kier molecular flexibility index (Phi) is 3.73. The van der Waals surface area contributed by atoms with Crippen molar-refractivity contribution >= 4 is 16.8 Å². The minimum absolute atomic E-state index is 0.0396. The summed E-state index contributed by atoms with van der Waals surface area (Å²) in [5.41, 5.74) is 4.70. The van der Waals surface area contributed by atoms with Gasteiger partial charge in [-0.25, -0.2) is 0 Å². The van der Waals surface area contributed by atoms with Gasteiger partial charge in [-0.2, -0.15) is 0 Å². The molecule has 1 aliphatic heterocycles. The maximum Gasteiger partial charge on any atom is 0.261 e. The van der Waals surface area contributed by atoms with Crippen LogP contribution in [0.5, 0.6) is 5.75 Å². The van der Waals surface area contributed by atoms with Crippen LogP contribution in [0.25, 0.3) is 10.9 Å². The fourth-order valence-corrected chi connectivity index (χ4v) is 3.26. The fraction of sp³-hybridized carbons (Fsp3) is 0.250. The second-order valence-corrected chi connectivity index (χ2v) is 6.32. The molecule has 4 heteroatoms. The topological polar surface area (TPSA) is 54.1 Å². The molecule has 4 rings (SSSR count). The molecule has 0 saturated carbocycles. The molecule has 0 aliphatic carbocycles. The quantitative estimate of drug-likeness (QED) is 0.776. The summed E-state index contributed by atoms with van der Waals surface area (Å²) in [5, 5.41) is 4.23. The van der Waals surface area contributed by atoms with Crippen molar-refractivity contribution in [2.75, 3.05) is 6.54 Å². The number of aromatic nitrogens is 1. The number of H-pyrrole nitrogens is 1. The van der Waals surface area contributed by atoms with Gasteiger partial charge >= 0.3 is 0 Å². The summed E-state index contributed by atoms with van der Waals surface area (Å²) < 4.78 is 5.72. The van der Waals surface area contributed by atoms with Gasteiger partial charge in [0.05, 0.1) is 0 Å². The van der Waals surface area contributed by atoms with Gasteiger partial charge < -0.3 is 15.0 Å². The van der Waals surface area contributed by atoms with Crippen LogP contribution in [0.3, 0.4) is 0 Å². The van der Waals surface area contributed by atoms with Gasteiger partial charge in [-0.3, -0.25) is 4.79 Å². The Morgan fingerprint density at radius 3 is 3.04 bits per heavy atom. The maximum atomic E-state index is 12.3. The average Bonchev–Trinajstić information content (AvgIpc) is 3.18. The van der Waals surface area contributed by atoms with Crippen molar-refractivity contribution in [3.05, 3.63) is 65.4 Å². The first-order valence-corrected chi connectivity index (χ1v) is 8.29. The van der Waals surface area contributed by atoms with Crippen LogP contribution in [0, 0.1) is 6.92 Å². The van der Waals surface area contributed by atoms with Crippen molar-refractivity contribution in [1.29, 1.82) is 0 Å². The zero-order valence-corrected chi connectivity index (χ0v) is 13.6. The molecule has 122 valence electrons.